The van der Waals surface area contributed by atoms with Crippen LogP contribution in [0.15, 0.2) is 54.7 Å². The van der Waals surface area contributed by atoms with Crippen molar-refractivity contribution < 1.29 is 9.59 Å². The Bertz CT molecular complexity index is 931. The highest BCUT2D eigenvalue weighted by molar-refractivity contribution is 6.62. The van der Waals surface area contributed by atoms with E-state index in [1.165, 1.54) is 0 Å². The third kappa shape index (κ3) is 1.68. The van der Waals surface area contributed by atoms with E-state index in [0.29, 0.717) is 11.1 Å². The van der Waals surface area contributed by atoms with Crippen molar-refractivity contribution in [1.82, 2.24) is 4.98 Å². The lowest BCUT2D eigenvalue weighted by Gasteiger charge is -2.15. The molecule has 0 unspecified atom stereocenters. The first-order valence-corrected chi connectivity index (χ1v) is 6.72. The van der Waals surface area contributed by atoms with Gasteiger partial charge < -0.3 is 4.98 Å². The van der Waals surface area contributed by atoms with Gasteiger partial charge in [-0.3, -0.25) is 9.59 Å². The van der Waals surface area contributed by atoms with Crippen LogP contribution in [0.25, 0.3) is 22.6 Å². The van der Waals surface area contributed by atoms with Crippen LogP contribution in [0.3, 0.4) is 0 Å². The topological polar surface area (TPSA) is 49.9 Å². The van der Waals surface area contributed by atoms with Gasteiger partial charge in [0.25, 0.3) is 0 Å². The zero-order valence-electron chi connectivity index (χ0n) is 11.1. The monoisotopic (exact) mass is 273 g/mol. The van der Waals surface area contributed by atoms with E-state index < -0.39 is 11.6 Å². The fourth-order valence-electron chi connectivity index (χ4n) is 2.82. The Morgan fingerprint density at radius 2 is 1.57 bits per heavy atom. The van der Waals surface area contributed by atoms with E-state index in [4.69, 9.17) is 0 Å². The molecule has 1 aliphatic carbocycles. The maximum absolute atomic E-state index is 12.4. The lowest BCUT2D eigenvalue weighted by molar-refractivity contribution is -0.110. The van der Waals surface area contributed by atoms with Crippen molar-refractivity contribution in [3.8, 4) is 0 Å². The standard InChI is InChI=1S/C18H11NO2/c20-17-12-5-2-1-4-11(12)10-15(18(17)21)13-6-3-7-16-14(13)8-9-19-16/h1-10,19H. The molecule has 3 nitrogen and oxygen atoms in total. The van der Waals surface area contributed by atoms with E-state index in [0.717, 1.165) is 22.0 Å². The Balaban J connectivity index is 2.01. The number of H-pyrrole nitrogens is 1. The van der Waals surface area contributed by atoms with Crippen LogP contribution in [0, 0.1) is 0 Å². The smallest absolute Gasteiger partial charge is 0.234 e. The molecular formula is C18H11NO2. The van der Waals surface area contributed by atoms with Gasteiger partial charge in [-0.2, -0.15) is 0 Å². The van der Waals surface area contributed by atoms with Crippen LogP contribution < -0.4 is 0 Å². The number of fused-ring (bicyclic) bond motifs is 2. The summed E-state index contributed by atoms with van der Waals surface area (Å²) in [5.74, 6) is -0.877. The van der Waals surface area contributed by atoms with Crippen molar-refractivity contribution in [3.63, 3.8) is 0 Å². The summed E-state index contributed by atoms with van der Waals surface area (Å²) in [5.41, 5.74) is 3.48. The number of aromatic amines is 1. The number of benzene rings is 2. The van der Waals surface area contributed by atoms with E-state index in [1.54, 1.807) is 18.2 Å². The highest BCUT2D eigenvalue weighted by atomic mass is 16.2. The summed E-state index contributed by atoms with van der Waals surface area (Å²) in [6.45, 7) is 0. The summed E-state index contributed by atoms with van der Waals surface area (Å²) in [6, 6.07) is 14.8. The van der Waals surface area contributed by atoms with Gasteiger partial charge in [0, 0.05) is 28.2 Å². The quantitative estimate of drug-likeness (QED) is 0.690. The van der Waals surface area contributed by atoms with E-state index in [2.05, 4.69) is 4.98 Å². The minimum atomic E-state index is -0.442. The van der Waals surface area contributed by atoms with Crippen molar-refractivity contribution in [1.29, 1.82) is 0 Å². The first kappa shape index (κ1) is 11.9. The molecule has 0 atom stereocenters. The summed E-state index contributed by atoms with van der Waals surface area (Å²) < 4.78 is 0. The second-order valence-electron chi connectivity index (χ2n) is 5.05. The minimum Gasteiger partial charge on any atom is -0.361 e. The zero-order chi connectivity index (χ0) is 14.4. The van der Waals surface area contributed by atoms with Crippen molar-refractivity contribution in [2.75, 3.05) is 0 Å². The summed E-state index contributed by atoms with van der Waals surface area (Å²) in [7, 11) is 0. The predicted molar refractivity (Wildman–Crippen MR) is 81.9 cm³/mol. The molecule has 100 valence electrons. The molecule has 2 aromatic carbocycles. The van der Waals surface area contributed by atoms with Gasteiger partial charge in [-0.15, -0.1) is 0 Å². The van der Waals surface area contributed by atoms with Gasteiger partial charge in [0.2, 0.25) is 11.6 Å². The lowest BCUT2D eigenvalue weighted by Crippen LogP contribution is -2.20. The van der Waals surface area contributed by atoms with Crippen molar-refractivity contribution in [3.05, 3.63) is 71.4 Å². The van der Waals surface area contributed by atoms with Crippen LogP contribution in [0.5, 0.6) is 0 Å². The molecule has 1 N–H and O–H groups in total. The summed E-state index contributed by atoms with van der Waals surface area (Å²) in [6.07, 6.45) is 3.64. The SMILES string of the molecule is O=C1C(=O)c2ccccc2C=C1c1cccc2[nH]ccc12. The van der Waals surface area contributed by atoms with E-state index in [9.17, 15) is 9.59 Å². The number of carbonyl (C=O) groups excluding carboxylic acids is 2. The van der Waals surface area contributed by atoms with Crippen molar-refractivity contribution >= 4 is 34.1 Å². The van der Waals surface area contributed by atoms with Crippen molar-refractivity contribution in [2.24, 2.45) is 0 Å². The number of nitrogens with one attached hydrogen (secondary N) is 1. The Labute approximate surface area is 120 Å². The number of rotatable bonds is 1. The third-order valence-electron chi connectivity index (χ3n) is 3.84. The lowest BCUT2D eigenvalue weighted by atomic mass is 9.86. The van der Waals surface area contributed by atoms with Gasteiger partial charge in [-0.25, -0.2) is 0 Å². The number of Topliss-reactive ketones (excluding diaryl/α,β-unsaturated/α-hetero) is 2. The molecule has 21 heavy (non-hydrogen) atoms. The molecule has 3 aromatic rings. The Kier molecular flexibility index (Phi) is 2.42. The molecule has 4 rings (SSSR count). The maximum atomic E-state index is 12.4. The fourth-order valence-corrected chi connectivity index (χ4v) is 2.82. The van der Waals surface area contributed by atoms with Gasteiger partial charge in [-0.1, -0.05) is 36.4 Å². The van der Waals surface area contributed by atoms with Crippen LogP contribution in [0.2, 0.25) is 0 Å². The summed E-state index contributed by atoms with van der Waals surface area (Å²) in [4.78, 5) is 27.8. The normalized spacial score (nSPS) is 14.2. The molecular weight excluding hydrogens is 262 g/mol. The van der Waals surface area contributed by atoms with Crippen molar-refractivity contribution in [2.45, 2.75) is 0 Å². The summed E-state index contributed by atoms with van der Waals surface area (Å²) in [5, 5.41) is 0.948. The van der Waals surface area contributed by atoms with Crippen LogP contribution in [0.1, 0.15) is 21.5 Å². The second kappa shape index (κ2) is 4.28. The molecule has 0 radical (unpaired) electrons. The highest BCUT2D eigenvalue weighted by Gasteiger charge is 2.28. The summed E-state index contributed by atoms with van der Waals surface area (Å²) >= 11 is 0. The molecule has 0 spiro atoms. The maximum Gasteiger partial charge on any atom is 0.234 e. The third-order valence-corrected chi connectivity index (χ3v) is 3.84. The number of ketones is 2. The molecule has 1 aliphatic rings. The average molecular weight is 273 g/mol. The zero-order valence-corrected chi connectivity index (χ0v) is 11.1. The Hall–Kier alpha value is -2.94. The number of carbonyl (C=O) groups is 2. The van der Waals surface area contributed by atoms with Crippen LogP contribution in [0.4, 0.5) is 0 Å². The van der Waals surface area contributed by atoms with E-state index >= 15 is 0 Å². The molecule has 1 heterocycles. The molecule has 3 heteroatoms. The molecule has 0 aliphatic heterocycles. The molecule has 0 saturated heterocycles. The molecule has 0 saturated carbocycles. The molecule has 1 aromatic heterocycles. The number of hydrogen-bond donors (Lipinski definition) is 1. The van der Waals surface area contributed by atoms with E-state index in [-0.39, 0.29) is 0 Å². The van der Waals surface area contributed by atoms with Gasteiger partial charge in [0.15, 0.2) is 0 Å². The average Bonchev–Trinajstić information content (AvgIpc) is 2.99. The van der Waals surface area contributed by atoms with Gasteiger partial charge in [-0.05, 0) is 29.3 Å². The Morgan fingerprint density at radius 3 is 2.48 bits per heavy atom. The Morgan fingerprint density at radius 1 is 0.762 bits per heavy atom. The predicted octanol–water partition coefficient (Wildman–Crippen LogP) is 3.47. The molecule has 0 amide bonds. The number of allylic oxidation sites excluding steroid dienone is 1. The van der Waals surface area contributed by atoms with E-state index in [1.807, 2.05) is 42.6 Å². The number of hydrogen-bond acceptors (Lipinski definition) is 2. The first-order chi connectivity index (χ1) is 10.3. The van der Waals surface area contributed by atoms with Crippen LogP contribution in [-0.2, 0) is 4.79 Å². The van der Waals surface area contributed by atoms with Gasteiger partial charge in [0.05, 0.1) is 0 Å². The first-order valence-electron chi connectivity index (χ1n) is 6.72. The number of aromatic nitrogens is 1. The van der Waals surface area contributed by atoms with Gasteiger partial charge in [0.1, 0.15) is 0 Å². The van der Waals surface area contributed by atoms with Crippen LogP contribution >= 0.6 is 0 Å². The largest absolute Gasteiger partial charge is 0.361 e. The van der Waals surface area contributed by atoms with Crippen LogP contribution in [-0.4, -0.2) is 16.6 Å². The molecule has 0 bridgehead atoms. The van der Waals surface area contributed by atoms with Gasteiger partial charge >= 0.3 is 0 Å². The fraction of sp³-hybridized carbons (Fsp3) is 0. The minimum absolute atomic E-state index is 0.435. The highest BCUT2D eigenvalue weighted by Crippen LogP contribution is 2.31. The second-order valence-corrected chi connectivity index (χ2v) is 5.05. The molecule has 0 fully saturated rings.